The number of aliphatic hydroxyl groups excluding tert-OH is 1. The normalized spacial score (nSPS) is 18.5. The Morgan fingerprint density at radius 1 is 1.24 bits per heavy atom. The number of carbonyl (C=O) groups is 2. The van der Waals surface area contributed by atoms with Crippen molar-refractivity contribution in [2.75, 3.05) is 13.7 Å². The van der Waals surface area contributed by atoms with Crippen LogP contribution in [0.1, 0.15) is 52.7 Å². The highest BCUT2D eigenvalue weighted by Crippen LogP contribution is 2.34. The molecule has 5 nitrogen and oxygen atoms in total. The summed E-state index contributed by atoms with van der Waals surface area (Å²) in [7, 11) is 1.31. The molecule has 0 spiro atoms. The fraction of sp³-hybridized carbons (Fsp3) is 0.448. The zero-order chi connectivity index (χ0) is 26.8. The van der Waals surface area contributed by atoms with Crippen LogP contribution >= 0.6 is 11.3 Å². The molecule has 1 amide bonds. The summed E-state index contributed by atoms with van der Waals surface area (Å²) >= 11 is 1.29. The Kier molecular flexibility index (Phi) is 10.4. The highest BCUT2D eigenvalue weighted by Gasteiger charge is 2.52. The third kappa shape index (κ3) is 8.24. The first-order valence-corrected chi connectivity index (χ1v) is 13.2. The molecule has 1 fully saturated rings. The molecular weight excluding hydrogens is 496 g/mol. The fourth-order valence-corrected chi connectivity index (χ4v) is 5.10. The highest BCUT2D eigenvalue weighted by molar-refractivity contribution is 7.13. The Labute approximate surface area is 221 Å². The van der Waals surface area contributed by atoms with Gasteiger partial charge in [0.2, 0.25) is 0 Å². The van der Waals surface area contributed by atoms with Crippen molar-refractivity contribution in [3.63, 3.8) is 0 Å². The molecule has 1 aliphatic heterocycles. The molecule has 0 aliphatic carbocycles. The number of rotatable bonds is 11. The van der Waals surface area contributed by atoms with Crippen LogP contribution in [-0.2, 0) is 22.4 Å². The molecule has 198 valence electrons. The number of ether oxygens (including phenoxy) is 1. The molecule has 3 rings (SSSR count). The zero-order valence-electron chi connectivity index (χ0n) is 21.2. The van der Waals surface area contributed by atoms with Gasteiger partial charge >= 0.3 is 11.9 Å². The van der Waals surface area contributed by atoms with Gasteiger partial charge in [-0.15, -0.1) is 23.2 Å². The molecule has 1 saturated heterocycles. The van der Waals surface area contributed by atoms with Crippen molar-refractivity contribution in [1.82, 2.24) is 4.90 Å². The summed E-state index contributed by atoms with van der Waals surface area (Å²) in [5.41, 5.74) is 1.22. The zero-order valence-corrected chi connectivity index (χ0v) is 22.0. The predicted molar refractivity (Wildman–Crippen MR) is 141 cm³/mol. The molecule has 1 N–H and O–H groups in total. The number of hydrogen-bond acceptors (Lipinski definition) is 5. The number of nitrogens with zero attached hydrogens (tertiary/aromatic N) is 1. The number of alkyl halides is 2. The van der Waals surface area contributed by atoms with E-state index in [9.17, 15) is 23.5 Å². The van der Waals surface area contributed by atoms with Gasteiger partial charge in [0.15, 0.2) is 0 Å². The lowest BCUT2D eigenvalue weighted by Crippen LogP contribution is -2.36. The van der Waals surface area contributed by atoms with Crippen molar-refractivity contribution in [3.8, 4) is 11.8 Å². The van der Waals surface area contributed by atoms with Gasteiger partial charge in [-0.05, 0) is 42.9 Å². The number of aryl methyl sites for hydroxylation is 2. The van der Waals surface area contributed by atoms with Crippen LogP contribution in [0.5, 0.6) is 0 Å². The summed E-state index contributed by atoms with van der Waals surface area (Å²) in [6.45, 7) is 2.02. The topological polar surface area (TPSA) is 66.8 Å². The number of methoxy groups -OCH3 is 1. The van der Waals surface area contributed by atoms with Gasteiger partial charge < -0.3 is 14.7 Å². The summed E-state index contributed by atoms with van der Waals surface area (Å²) in [6.07, 6.45) is 4.68. The summed E-state index contributed by atoms with van der Waals surface area (Å²) in [5.74, 6) is 1.03. The van der Waals surface area contributed by atoms with E-state index in [2.05, 4.69) is 24.0 Å². The van der Waals surface area contributed by atoms with E-state index < -0.39 is 36.4 Å². The minimum Gasteiger partial charge on any atom is -0.465 e. The summed E-state index contributed by atoms with van der Waals surface area (Å²) < 4.78 is 33.1. The molecule has 1 aliphatic rings. The van der Waals surface area contributed by atoms with Crippen LogP contribution in [0, 0.1) is 17.8 Å². The first-order valence-electron chi connectivity index (χ1n) is 12.4. The molecule has 3 atom stereocenters. The molecule has 37 heavy (non-hydrogen) atoms. The predicted octanol–water partition coefficient (Wildman–Crippen LogP) is 5.28. The molecule has 1 aromatic carbocycles. The standard InChI is InChI=1S/C29H33F2NO4S/c1-21(10-5-3-6-11-22-12-7-4-8-13-22)25(33)17-15-23-20-29(30,31)28(35)32(23)19-9-14-24-16-18-26(37-24)27(34)36-2/h4,7-8,12-13,15-18,21,23,25,33H,6,9-11,14,19-20H2,1-2H3/t21-,23-,25+/m0/s1. The van der Waals surface area contributed by atoms with Crippen LogP contribution in [-0.4, -0.2) is 53.6 Å². The van der Waals surface area contributed by atoms with Crippen LogP contribution < -0.4 is 0 Å². The maximum Gasteiger partial charge on any atom is 0.348 e. The van der Waals surface area contributed by atoms with E-state index in [0.717, 1.165) is 17.7 Å². The van der Waals surface area contributed by atoms with E-state index in [1.165, 1.54) is 41.1 Å². The lowest BCUT2D eigenvalue weighted by molar-refractivity contribution is -0.148. The average Bonchev–Trinajstić information content (AvgIpc) is 3.45. The maximum absolute atomic E-state index is 14.2. The Morgan fingerprint density at radius 3 is 2.73 bits per heavy atom. The first kappa shape index (κ1) is 28.5. The van der Waals surface area contributed by atoms with E-state index in [-0.39, 0.29) is 12.5 Å². The third-order valence-corrected chi connectivity index (χ3v) is 7.48. The van der Waals surface area contributed by atoms with Crippen LogP contribution in [0.4, 0.5) is 8.78 Å². The second kappa shape index (κ2) is 13.5. The smallest absolute Gasteiger partial charge is 0.348 e. The number of benzene rings is 1. The Balaban J connectivity index is 1.49. The number of amides is 1. The van der Waals surface area contributed by atoms with Gasteiger partial charge in [-0.1, -0.05) is 49.4 Å². The number of esters is 1. The number of likely N-dealkylation sites (tertiary alicyclic amines) is 1. The van der Waals surface area contributed by atoms with Gasteiger partial charge in [0, 0.05) is 30.7 Å². The molecule has 8 heteroatoms. The van der Waals surface area contributed by atoms with Crippen LogP contribution in [0.15, 0.2) is 54.6 Å². The van der Waals surface area contributed by atoms with E-state index in [4.69, 9.17) is 4.74 Å². The Hall–Kier alpha value is -3.02. The van der Waals surface area contributed by atoms with Gasteiger partial charge in [-0.3, -0.25) is 4.79 Å². The lowest BCUT2D eigenvalue weighted by Gasteiger charge is -2.22. The van der Waals surface area contributed by atoms with E-state index >= 15 is 0 Å². The Morgan fingerprint density at radius 2 is 2.00 bits per heavy atom. The van der Waals surface area contributed by atoms with Gasteiger partial charge in [-0.2, -0.15) is 8.78 Å². The van der Waals surface area contributed by atoms with Gasteiger partial charge in [0.05, 0.1) is 19.3 Å². The van der Waals surface area contributed by atoms with Gasteiger partial charge in [0.25, 0.3) is 5.91 Å². The molecule has 0 saturated carbocycles. The van der Waals surface area contributed by atoms with E-state index in [1.807, 2.05) is 25.1 Å². The molecular formula is C29H33F2NO4S. The SMILES string of the molecule is COC(=O)c1ccc(CCCN2C(=O)C(F)(F)C[C@@H]2C=C[C@@H](O)[C@@H](C)CC#CCCc2ccccc2)s1. The number of thiophene rings is 1. The number of carbonyl (C=O) groups excluding carboxylic acids is 2. The fourth-order valence-electron chi connectivity index (χ4n) is 4.13. The van der Waals surface area contributed by atoms with E-state index in [1.54, 1.807) is 12.1 Å². The molecule has 2 aromatic rings. The van der Waals surface area contributed by atoms with Crippen LogP contribution in [0.2, 0.25) is 0 Å². The van der Waals surface area contributed by atoms with Crippen LogP contribution in [0.25, 0.3) is 0 Å². The molecule has 2 heterocycles. The minimum atomic E-state index is -3.42. The van der Waals surface area contributed by atoms with Crippen LogP contribution in [0.3, 0.4) is 0 Å². The Bertz CT molecular complexity index is 1140. The lowest BCUT2D eigenvalue weighted by atomic mass is 9.99. The second-order valence-corrected chi connectivity index (χ2v) is 10.4. The summed E-state index contributed by atoms with van der Waals surface area (Å²) in [4.78, 5) is 26.5. The summed E-state index contributed by atoms with van der Waals surface area (Å²) in [5, 5.41) is 10.5. The van der Waals surface area contributed by atoms with E-state index in [0.29, 0.717) is 24.1 Å². The van der Waals surface area contributed by atoms with Crippen molar-refractivity contribution in [3.05, 3.63) is 69.9 Å². The van der Waals surface area contributed by atoms with Gasteiger partial charge in [0.1, 0.15) is 4.88 Å². The molecule has 1 aromatic heterocycles. The number of hydrogen-bond donors (Lipinski definition) is 1. The second-order valence-electron chi connectivity index (χ2n) is 9.23. The third-order valence-electron chi connectivity index (χ3n) is 6.35. The number of halogens is 2. The van der Waals surface area contributed by atoms with Crippen molar-refractivity contribution in [1.29, 1.82) is 0 Å². The first-order chi connectivity index (χ1) is 17.7. The molecule has 0 unspecified atom stereocenters. The van der Waals surface area contributed by atoms with Gasteiger partial charge in [-0.25, -0.2) is 4.79 Å². The highest BCUT2D eigenvalue weighted by atomic mass is 32.1. The monoisotopic (exact) mass is 529 g/mol. The average molecular weight is 530 g/mol. The number of aliphatic hydroxyl groups is 1. The minimum absolute atomic E-state index is 0.160. The quantitative estimate of drug-likeness (QED) is 0.244. The summed E-state index contributed by atoms with van der Waals surface area (Å²) in [6, 6.07) is 12.8. The van der Waals surface area contributed by atoms with Crippen molar-refractivity contribution in [2.24, 2.45) is 5.92 Å². The maximum atomic E-state index is 14.2. The molecule has 0 bridgehead atoms. The van der Waals surface area contributed by atoms with Crippen molar-refractivity contribution < 1.29 is 28.2 Å². The van der Waals surface area contributed by atoms with Crippen molar-refractivity contribution in [2.45, 2.75) is 63.5 Å². The molecule has 0 radical (unpaired) electrons. The van der Waals surface area contributed by atoms with Crippen molar-refractivity contribution >= 4 is 23.2 Å². The largest absolute Gasteiger partial charge is 0.465 e.